The Morgan fingerprint density at radius 1 is 1.09 bits per heavy atom. The molecule has 1 aliphatic rings. The van der Waals surface area contributed by atoms with Crippen LogP contribution in [0.25, 0.3) is 0 Å². The number of nitrogens with two attached hydrogens (primary N) is 1. The predicted octanol–water partition coefficient (Wildman–Crippen LogP) is 3.75. The molecule has 3 aromatic rings. The lowest BCUT2D eigenvalue weighted by Gasteiger charge is -2.19. The van der Waals surface area contributed by atoms with Crippen LogP contribution in [0.3, 0.4) is 0 Å². The van der Waals surface area contributed by atoms with Gasteiger partial charge in [0.25, 0.3) is 5.91 Å². The molecule has 2 unspecified atom stereocenters. The normalized spacial score (nSPS) is 16.7. The molecule has 2 atom stereocenters. The molecule has 1 fully saturated rings. The van der Waals surface area contributed by atoms with Gasteiger partial charge in [-0.05, 0) is 41.9 Å². The Morgan fingerprint density at radius 2 is 1.80 bits per heavy atom. The van der Waals surface area contributed by atoms with Crippen molar-refractivity contribution in [2.75, 3.05) is 6.61 Å². The number of amides is 2. The number of aryl methyl sites for hydroxylation is 1. The van der Waals surface area contributed by atoms with Gasteiger partial charge in [-0.25, -0.2) is 20.0 Å². The molecule has 0 aliphatic carbocycles. The molecule has 2 amide bonds. The molecule has 2 N–H and O–H groups in total. The molecule has 1 aromatic heterocycles. The number of carbonyl (C=O) groups is 2. The number of carbonyl (C=O) groups excluding carboxylic acids is 2. The number of benzene rings is 2. The van der Waals surface area contributed by atoms with Crippen LogP contribution >= 0.6 is 11.8 Å². The highest BCUT2D eigenvalue weighted by Crippen LogP contribution is 2.28. The topological polar surface area (TPSA) is 125 Å². The number of imide groups is 1. The molecular formula is C24H23FN2O7S. The highest BCUT2D eigenvalue weighted by Gasteiger charge is 2.37. The first kappa shape index (κ1) is 24.7. The summed E-state index contributed by atoms with van der Waals surface area (Å²) in [5.41, 5.74) is 1.12. The number of hydrazine groups is 1. The maximum Gasteiger partial charge on any atom is 0.519 e. The first-order chi connectivity index (χ1) is 16.9. The van der Waals surface area contributed by atoms with Crippen molar-refractivity contribution in [2.45, 2.75) is 37.7 Å². The summed E-state index contributed by atoms with van der Waals surface area (Å²) in [6.45, 7) is 1.70. The van der Waals surface area contributed by atoms with E-state index in [1.54, 1.807) is 42.5 Å². The smallest absolute Gasteiger partial charge is 0.491 e. The maximum atomic E-state index is 14.5. The average molecular weight is 503 g/mol. The molecule has 2 aromatic carbocycles. The number of nitrogens with zero attached hydrogens (tertiary/aromatic N) is 1. The van der Waals surface area contributed by atoms with Crippen LogP contribution in [0.1, 0.15) is 35.7 Å². The van der Waals surface area contributed by atoms with E-state index in [-0.39, 0.29) is 19.0 Å². The summed E-state index contributed by atoms with van der Waals surface area (Å²) < 4.78 is 36.2. The Bertz CT molecular complexity index is 1260. The zero-order valence-corrected chi connectivity index (χ0v) is 19.6. The summed E-state index contributed by atoms with van der Waals surface area (Å²) in [6, 6.07) is 13.2. The van der Waals surface area contributed by atoms with E-state index in [2.05, 4.69) is 0 Å². The molecule has 35 heavy (non-hydrogen) atoms. The fraction of sp³-hybridized carbons (Fsp3) is 0.292. The molecule has 184 valence electrons. The number of hydrogen-bond acceptors (Lipinski definition) is 9. The Labute approximate surface area is 203 Å². The van der Waals surface area contributed by atoms with Gasteiger partial charge in [0.15, 0.2) is 11.5 Å². The van der Waals surface area contributed by atoms with Crippen molar-refractivity contribution in [1.29, 1.82) is 0 Å². The van der Waals surface area contributed by atoms with Crippen LogP contribution < -0.4 is 16.4 Å². The van der Waals surface area contributed by atoms with Crippen molar-refractivity contribution in [2.24, 2.45) is 5.84 Å². The van der Waals surface area contributed by atoms with Crippen molar-refractivity contribution < 1.29 is 32.3 Å². The Balaban J connectivity index is 1.42. The van der Waals surface area contributed by atoms with Crippen LogP contribution in [0.4, 0.5) is 9.18 Å². The summed E-state index contributed by atoms with van der Waals surface area (Å²) in [7, 11) is 0. The molecule has 2 heterocycles. The van der Waals surface area contributed by atoms with Gasteiger partial charge in [-0.2, -0.15) is 0 Å². The first-order valence-electron chi connectivity index (χ1n) is 10.8. The predicted molar refractivity (Wildman–Crippen MR) is 124 cm³/mol. The standard InChI is InChI=1S/C24H23FN2O7S/c1-2-18-20(34-24(30)33-18)13-32-19(16-5-3-4-6-17(16)25)12-31-15-9-7-14(8-10-15)11-21-22(28)27(26)23(29)35-21/h3-10,19,21H,2,11-13,26H2,1H3. The molecule has 4 rings (SSSR count). The summed E-state index contributed by atoms with van der Waals surface area (Å²) in [5, 5.41) is -0.401. The second kappa shape index (κ2) is 10.9. The van der Waals surface area contributed by atoms with E-state index < -0.39 is 34.1 Å². The fourth-order valence-corrected chi connectivity index (χ4v) is 4.50. The molecule has 11 heteroatoms. The third-order valence-corrected chi connectivity index (χ3v) is 6.46. The minimum Gasteiger partial charge on any atom is -0.491 e. The van der Waals surface area contributed by atoms with E-state index in [0.29, 0.717) is 34.9 Å². The van der Waals surface area contributed by atoms with Crippen molar-refractivity contribution in [1.82, 2.24) is 5.01 Å². The van der Waals surface area contributed by atoms with Gasteiger partial charge in [0.05, 0.1) is 5.25 Å². The second-order valence-corrected chi connectivity index (χ2v) is 8.87. The SMILES string of the molecule is CCc1oc(=O)oc1COC(COc1ccc(CC2SC(=O)N(N)C2=O)cc1)c1ccccc1F. The van der Waals surface area contributed by atoms with Crippen LogP contribution in [0.5, 0.6) is 5.75 Å². The zero-order valence-electron chi connectivity index (χ0n) is 18.8. The van der Waals surface area contributed by atoms with Gasteiger partial charge in [0, 0.05) is 12.0 Å². The minimum atomic E-state index is -0.819. The number of thioether (sulfide) groups is 1. The van der Waals surface area contributed by atoms with E-state index in [0.717, 1.165) is 17.3 Å². The van der Waals surface area contributed by atoms with Gasteiger partial charge >= 0.3 is 11.1 Å². The van der Waals surface area contributed by atoms with Crippen LogP contribution in [-0.4, -0.2) is 28.0 Å². The van der Waals surface area contributed by atoms with Crippen LogP contribution in [0.15, 0.2) is 62.2 Å². The largest absolute Gasteiger partial charge is 0.519 e. The monoisotopic (exact) mass is 502 g/mol. The van der Waals surface area contributed by atoms with Gasteiger partial charge in [-0.3, -0.25) is 9.59 Å². The summed E-state index contributed by atoms with van der Waals surface area (Å²) in [4.78, 5) is 35.0. The van der Waals surface area contributed by atoms with E-state index in [1.807, 2.05) is 6.92 Å². The van der Waals surface area contributed by atoms with E-state index >= 15 is 0 Å². The summed E-state index contributed by atoms with van der Waals surface area (Å²) in [6.07, 6.45) is -0.00485. The van der Waals surface area contributed by atoms with Gasteiger partial charge in [-0.15, -0.1) is 0 Å². The summed E-state index contributed by atoms with van der Waals surface area (Å²) in [5.74, 6) is 4.85. The van der Waals surface area contributed by atoms with Gasteiger partial charge in [0.1, 0.15) is 30.9 Å². The van der Waals surface area contributed by atoms with E-state index in [9.17, 15) is 18.8 Å². The maximum absolute atomic E-state index is 14.5. The van der Waals surface area contributed by atoms with Gasteiger partial charge < -0.3 is 18.3 Å². The lowest BCUT2D eigenvalue weighted by molar-refractivity contribution is -0.126. The number of ether oxygens (including phenoxy) is 2. The highest BCUT2D eigenvalue weighted by molar-refractivity contribution is 8.15. The fourth-order valence-electron chi connectivity index (χ4n) is 3.57. The van der Waals surface area contributed by atoms with E-state index in [1.165, 1.54) is 6.07 Å². The lowest BCUT2D eigenvalue weighted by atomic mass is 10.1. The van der Waals surface area contributed by atoms with Crippen LogP contribution in [0.2, 0.25) is 0 Å². The van der Waals surface area contributed by atoms with Crippen LogP contribution in [0, 0.1) is 5.82 Å². The minimum absolute atomic E-state index is 0.0164. The molecular weight excluding hydrogens is 479 g/mol. The molecule has 0 saturated carbocycles. The molecule has 1 saturated heterocycles. The number of halogens is 1. The van der Waals surface area contributed by atoms with Crippen LogP contribution in [-0.2, 0) is 29.0 Å². The highest BCUT2D eigenvalue weighted by atomic mass is 32.2. The molecule has 0 bridgehead atoms. The van der Waals surface area contributed by atoms with Crippen molar-refractivity contribution in [3.8, 4) is 5.75 Å². The Morgan fingerprint density at radius 3 is 2.46 bits per heavy atom. The number of hydrogen-bond donors (Lipinski definition) is 1. The quantitative estimate of drug-likeness (QED) is 0.326. The average Bonchev–Trinajstić information content (AvgIpc) is 3.34. The third kappa shape index (κ3) is 5.81. The Kier molecular flexibility index (Phi) is 7.69. The third-order valence-electron chi connectivity index (χ3n) is 5.41. The van der Waals surface area contributed by atoms with Gasteiger partial charge in [0.2, 0.25) is 0 Å². The molecule has 0 spiro atoms. The van der Waals surface area contributed by atoms with Crippen molar-refractivity contribution >= 4 is 22.9 Å². The van der Waals surface area contributed by atoms with E-state index in [4.69, 9.17) is 24.2 Å². The molecule has 9 nitrogen and oxygen atoms in total. The first-order valence-corrected chi connectivity index (χ1v) is 11.7. The van der Waals surface area contributed by atoms with Gasteiger partial charge in [-0.1, -0.05) is 37.3 Å². The summed E-state index contributed by atoms with van der Waals surface area (Å²) >= 11 is 0.897. The zero-order chi connectivity index (χ0) is 24.9. The lowest BCUT2D eigenvalue weighted by Crippen LogP contribution is -2.37. The second-order valence-electron chi connectivity index (χ2n) is 7.71. The molecule has 1 aliphatic heterocycles. The van der Waals surface area contributed by atoms with Crippen molar-refractivity contribution in [3.63, 3.8) is 0 Å². The number of rotatable bonds is 10. The molecule has 0 radical (unpaired) electrons. The Hall–Kier alpha value is -3.41. The van der Waals surface area contributed by atoms with Crippen molar-refractivity contribution in [3.05, 3.63) is 87.6 Å².